The van der Waals surface area contributed by atoms with E-state index in [-0.39, 0.29) is 24.2 Å². The normalized spacial score (nSPS) is 20.0. The van der Waals surface area contributed by atoms with Gasteiger partial charge in [-0.05, 0) is 43.2 Å². The van der Waals surface area contributed by atoms with Gasteiger partial charge in [-0.2, -0.15) is 0 Å². The van der Waals surface area contributed by atoms with E-state index < -0.39 is 0 Å². The van der Waals surface area contributed by atoms with E-state index in [1.54, 1.807) is 23.4 Å². The van der Waals surface area contributed by atoms with Gasteiger partial charge in [0.1, 0.15) is 0 Å². The number of carbonyl (C=O) groups excluding carboxylic acids is 2. The van der Waals surface area contributed by atoms with Crippen molar-refractivity contribution in [2.75, 3.05) is 42.5 Å². The molecule has 2 fully saturated rings. The van der Waals surface area contributed by atoms with Gasteiger partial charge in [0, 0.05) is 57.2 Å². The molecule has 2 amide bonds. The van der Waals surface area contributed by atoms with Crippen molar-refractivity contribution in [2.24, 2.45) is 5.92 Å². The second kappa shape index (κ2) is 7.58. The van der Waals surface area contributed by atoms with Gasteiger partial charge in [-0.3, -0.25) is 9.59 Å². The number of benzene rings is 1. The van der Waals surface area contributed by atoms with E-state index in [1.165, 1.54) is 0 Å². The average Bonchev–Trinajstić information content (AvgIpc) is 3.09. The van der Waals surface area contributed by atoms with Gasteiger partial charge in [-0.25, -0.2) is 9.97 Å². The number of carbonyl (C=O) groups is 2. The summed E-state index contributed by atoms with van der Waals surface area (Å²) in [6, 6.07) is 7.90. The van der Waals surface area contributed by atoms with Gasteiger partial charge < -0.3 is 14.7 Å². The van der Waals surface area contributed by atoms with E-state index in [2.05, 4.69) is 20.9 Å². The molecule has 0 bridgehead atoms. The molecule has 4 rings (SSSR count). The fourth-order valence-corrected chi connectivity index (χ4v) is 4.07. The number of anilines is 2. The zero-order valence-corrected chi connectivity index (χ0v) is 16.3. The van der Waals surface area contributed by atoms with Crippen LogP contribution in [0.25, 0.3) is 0 Å². The number of rotatable bonds is 3. The summed E-state index contributed by atoms with van der Waals surface area (Å²) < 4.78 is 0. The molecule has 146 valence electrons. The Balaban J connectivity index is 1.39. The molecule has 7 heteroatoms. The summed E-state index contributed by atoms with van der Waals surface area (Å²) in [4.78, 5) is 39.8. The van der Waals surface area contributed by atoms with E-state index in [4.69, 9.17) is 0 Å². The van der Waals surface area contributed by atoms with Crippen molar-refractivity contribution in [2.45, 2.75) is 20.3 Å². The Bertz CT molecular complexity index is 857. The summed E-state index contributed by atoms with van der Waals surface area (Å²) in [6.07, 6.45) is 3.74. The van der Waals surface area contributed by atoms with E-state index in [0.29, 0.717) is 38.7 Å². The Labute approximate surface area is 165 Å². The number of aromatic nitrogens is 2. The largest absolute Gasteiger partial charge is 0.339 e. The van der Waals surface area contributed by atoms with Gasteiger partial charge in [0.25, 0.3) is 0 Å². The van der Waals surface area contributed by atoms with Crippen LogP contribution in [0.2, 0.25) is 0 Å². The summed E-state index contributed by atoms with van der Waals surface area (Å²) in [7, 11) is 0. The summed E-state index contributed by atoms with van der Waals surface area (Å²) in [6.45, 7) is 7.18. The van der Waals surface area contributed by atoms with Crippen molar-refractivity contribution in [1.82, 2.24) is 14.9 Å². The number of aryl methyl sites for hydroxylation is 2. The van der Waals surface area contributed by atoms with Crippen LogP contribution in [-0.4, -0.2) is 59.4 Å². The lowest BCUT2D eigenvalue weighted by Crippen LogP contribution is -2.51. The number of hydrogen-bond acceptors (Lipinski definition) is 5. The van der Waals surface area contributed by atoms with Crippen molar-refractivity contribution >= 4 is 23.5 Å². The van der Waals surface area contributed by atoms with Crippen LogP contribution < -0.4 is 9.80 Å². The standard InChI is InChI=1S/C21H25N5O2/c1-15-10-16(2)12-18(11-15)26-14-17(13-19(26)27)20(28)24-6-8-25(9-7-24)21-22-4-3-5-23-21/h3-5,10-12,17H,6-9,13-14H2,1-2H3. The van der Waals surface area contributed by atoms with Crippen molar-refractivity contribution < 1.29 is 9.59 Å². The molecule has 1 aromatic heterocycles. The van der Waals surface area contributed by atoms with Crippen LogP contribution in [0.5, 0.6) is 0 Å². The highest BCUT2D eigenvalue weighted by atomic mass is 16.2. The quantitative estimate of drug-likeness (QED) is 0.813. The predicted octanol–water partition coefficient (Wildman–Crippen LogP) is 1.80. The van der Waals surface area contributed by atoms with Gasteiger partial charge in [-0.1, -0.05) is 6.07 Å². The molecule has 2 saturated heterocycles. The van der Waals surface area contributed by atoms with Crippen LogP contribution >= 0.6 is 0 Å². The first-order valence-corrected chi connectivity index (χ1v) is 9.70. The fourth-order valence-electron chi connectivity index (χ4n) is 4.07. The van der Waals surface area contributed by atoms with Crippen molar-refractivity contribution in [1.29, 1.82) is 0 Å². The Hall–Kier alpha value is -2.96. The molecule has 0 N–H and O–H groups in total. The van der Waals surface area contributed by atoms with Crippen molar-refractivity contribution in [3.63, 3.8) is 0 Å². The lowest BCUT2D eigenvalue weighted by atomic mass is 10.1. The Morgan fingerprint density at radius 3 is 2.29 bits per heavy atom. The molecular formula is C21H25N5O2. The molecule has 1 unspecified atom stereocenters. The van der Waals surface area contributed by atoms with Crippen LogP contribution in [0.1, 0.15) is 17.5 Å². The minimum atomic E-state index is -0.271. The van der Waals surface area contributed by atoms with Gasteiger partial charge in [-0.15, -0.1) is 0 Å². The van der Waals surface area contributed by atoms with E-state index in [1.807, 2.05) is 30.9 Å². The molecule has 0 saturated carbocycles. The van der Waals surface area contributed by atoms with E-state index >= 15 is 0 Å². The number of piperazine rings is 1. The Kier molecular flexibility index (Phi) is 4.98. The fraction of sp³-hybridized carbons (Fsp3) is 0.429. The molecular weight excluding hydrogens is 354 g/mol. The molecule has 2 aromatic rings. The van der Waals surface area contributed by atoms with Crippen LogP contribution in [0.3, 0.4) is 0 Å². The Morgan fingerprint density at radius 2 is 1.64 bits per heavy atom. The molecule has 1 atom stereocenters. The lowest BCUT2D eigenvalue weighted by Gasteiger charge is -2.35. The van der Waals surface area contributed by atoms with Crippen LogP contribution in [0.15, 0.2) is 36.7 Å². The minimum Gasteiger partial charge on any atom is -0.339 e. The molecule has 7 nitrogen and oxygen atoms in total. The first kappa shape index (κ1) is 18.4. The monoisotopic (exact) mass is 379 g/mol. The highest BCUT2D eigenvalue weighted by Gasteiger charge is 2.38. The van der Waals surface area contributed by atoms with Gasteiger partial charge in [0.2, 0.25) is 17.8 Å². The lowest BCUT2D eigenvalue weighted by molar-refractivity contribution is -0.136. The van der Waals surface area contributed by atoms with Crippen LogP contribution in [0, 0.1) is 19.8 Å². The van der Waals surface area contributed by atoms with Crippen LogP contribution in [0.4, 0.5) is 11.6 Å². The maximum Gasteiger partial charge on any atom is 0.228 e. The third-order valence-electron chi connectivity index (χ3n) is 5.42. The highest BCUT2D eigenvalue weighted by Crippen LogP contribution is 2.28. The summed E-state index contributed by atoms with van der Waals surface area (Å²) in [5, 5.41) is 0. The smallest absolute Gasteiger partial charge is 0.228 e. The maximum absolute atomic E-state index is 13.0. The molecule has 1 aromatic carbocycles. The number of amides is 2. The first-order valence-electron chi connectivity index (χ1n) is 9.70. The second-order valence-electron chi connectivity index (χ2n) is 7.61. The summed E-state index contributed by atoms with van der Waals surface area (Å²) >= 11 is 0. The molecule has 28 heavy (non-hydrogen) atoms. The molecule has 2 aliphatic heterocycles. The average molecular weight is 379 g/mol. The highest BCUT2D eigenvalue weighted by molar-refractivity contribution is 6.00. The first-order chi connectivity index (χ1) is 13.5. The van der Waals surface area contributed by atoms with Gasteiger partial charge in [0.05, 0.1) is 5.92 Å². The number of hydrogen-bond donors (Lipinski definition) is 0. The van der Waals surface area contributed by atoms with Crippen molar-refractivity contribution in [3.8, 4) is 0 Å². The van der Waals surface area contributed by atoms with Gasteiger partial charge >= 0.3 is 0 Å². The molecule has 0 radical (unpaired) electrons. The third kappa shape index (κ3) is 3.69. The maximum atomic E-state index is 13.0. The third-order valence-corrected chi connectivity index (χ3v) is 5.42. The molecule has 2 aliphatic rings. The molecule has 0 spiro atoms. The summed E-state index contributed by atoms with van der Waals surface area (Å²) in [5.41, 5.74) is 3.14. The minimum absolute atomic E-state index is 0.0275. The Morgan fingerprint density at radius 1 is 1.00 bits per heavy atom. The zero-order valence-electron chi connectivity index (χ0n) is 16.3. The van der Waals surface area contributed by atoms with Crippen molar-refractivity contribution in [3.05, 3.63) is 47.8 Å². The van der Waals surface area contributed by atoms with E-state index in [0.717, 1.165) is 16.8 Å². The van der Waals surface area contributed by atoms with Crippen LogP contribution in [-0.2, 0) is 9.59 Å². The topological polar surface area (TPSA) is 69.6 Å². The van der Waals surface area contributed by atoms with E-state index in [9.17, 15) is 9.59 Å². The zero-order chi connectivity index (χ0) is 19.7. The number of nitrogens with zero attached hydrogens (tertiary/aromatic N) is 5. The van der Waals surface area contributed by atoms with Gasteiger partial charge in [0.15, 0.2) is 0 Å². The SMILES string of the molecule is Cc1cc(C)cc(N2CC(C(=O)N3CCN(c4ncccn4)CC3)CC2=O)c1. The summed E-state index contributed by atoms with van der Waals surface area (Å²) in [5.74, 6) is 0.535. The molecule has 0 aliphatic carbocycles. The second-order valence-corrected chi connectivity index (χ2v) is 7.61. The molecule has 3 heterocycles. The predicted molar refractivity (Wildman–Crippen MR) is 107 cm³/mol.